The third-order valence-electron chi connectivity index (χ3n) is 2.73. The maximum absolute atomic E-state index is 2.60. The summed E-state index contributed by atoms with van der Waals surface area (Å²) in [6.45, 7) is 4.94. The summed E-state index contributed by atoms with van der Waals surface area (Å²) < 4.78 is 0. The lowest BCUT2D eigenvalue weighted by atomic mass is 10.3. The van der Waals surface area contributed by atoms with Crippen molar-refractivity contribution in [2.24, 2.45) is 0 Å². The third kappa shape index (κ3) is 1.42. The molecule has 0 aromatic heterocycles. The Morgan fingerprint density at radius 2 is 1.91 bits per heavy atom. The Morgan fingerprint density at radius 1 is 1.27 bits per heavy atom. The van der Waals surface area contributed by atoms with Gasteiger partial charge < -0.3 is 4.90 Å². The molecule has 0 aromatic rings. The van der Waals surface area contributed by atoms with Crippen molar-refractivity contribution in [3.8, 4) is 0 Å². The quantitative estimate of drug-likeness (QED) is 0.586. The molecule has 1 saturated carbocycles. The van der Waals surface area contributed by atoms with Crippen LogP contribution in [0.4, 0.5) is 0 Å². The Kier molecular flexibility index (Phi) is 1.89. The van der Waals surface area contributed by atoms with Gasteiger partial charge >= 0.3 is 0 Å². The summed E-state index contributed by atoms with van der Waals surface area (Å²) in [5.41, 5.74) is 3.43. The van der Waals surface area contributed by atoms with Gasteiger partial charge in [0.15, 0.2) is 0 Å². The van der Waals surface area contributed by atoms with Crippen LogP contribution in [-0.4, -0.2) is 18.0 Å². The number of rotatable bonds is 2. The Balaban J connectivity index is 2.05. The van der Waals surface area contributed by atoms with Crippen molar-refractivity contribution in [1.29, 1.82) is 0 Å². The second-order valence-corrected chi connectivity index (χ2v) is 3.60. The summed E-state index contributed by atoms with van der Waals surface area (Å²) in [5, 5.41) is 0. The van der Waals surface area contributed by atoms with Gasteiger partial charge in [-0.25, -0.2) is 0 Å². The second-order valence-electron chi connectivity index (χ2n) is 3.60. The zero-order chi connectivity index (χ0) is 7.68. The van der Waals surface area contributed by atoms with Gasteiger partial charge in [-0.2, -0.15) is 0 Å². The van der Waals surface area contributed by atoms with E-state index in [0.29, 0.717) is 0 Å². The van der Waals surface area contributed by atoms with E-state index >= 15 is 0 Å². The van der Waals surface area contributed by atoms with Crippen molar-refractivity contribution in [1.82, 2.24) is 4.90 Å². The summed E-state index contributed by atoms with van der Waals surface area (Å²) >= 11 is 0. The first-order valence-electron chi connectivity index (χ1n) is 4.87. The summed E-state index contributed by atoms with van der Waals surface area (Å²) in [7, 11) is 0. The van der Waals surface area contributed by atoms with Crippen LogP contribution in [0.2, 0.25) is 0 Å². The van der Waals surface area contributed by atoms with Crippen molar-refractivity contribution in [2.45, 2.75) is 39.0 Å². The highest BCUT2D eigenvalue weighted by atomic mass is 15.2. The lowest BCUT2D eigenvalue weighted by Gasteiger charge is -2.20. The van der Waals surface area contributed by atoms with Gasteiger partial charge in [0.2, 0.25) is 0 Å². The predicted molar refractivity (Wildman–Crippen MR) is 47.4 cm³/mol. The van der Waals surface area contributed by atoms with Gasteiger partial charge in [0, 0.05) is 18.8 Å². The van der Waals surface area contributed by atoms with Crippen molar-refractivity contribution in [3.05, 3.63) is 11.3 Å². The molecule has 1 saturated heterocycles. The number of hydrogen-bond acceptors (Lipinski definition) is 1. The molecule has 1 heterocycles. The minimum atomic E-state index is 1.26. The molecule has 0 N–H and O–H groups in total. The van der Waals surface area contributed by atoms with E-state index in [1.165, 1.54) is 45.2 Å². The largest absolute Gasteiger partial charge is 0.375 e. The Bertz CT molecular complexity index is 169. The molecule has 2 aliphatic rings. The first-order chi connectivity index (χ1) is 5.42. The normalized spacial score (nSPS) is 22.6. The van der Waals surface area contributed by atoms with Crippen LogP contribution in [0.3, 0.4) is 0 Å². The average Bonchev–Trinajstić information content (AvgIpc) is 2.68. The first kappa shape index (κ1) is 7.20. The van der Waals surface area contributed by atoms with Gasteiger partial charge in [0.25, 0.3) is 0 Å². The Labute approximate surface area is 69.1 Å². The van der Waals surface area contributed by atoms with E-state index in [1.54, 1.807) is 11.3 Å². The molecule has 0 atom stereocenters. The van der Waals surface area contributed by atoms with E-state index in [4.69, 9.17) is 0 Å². The second kappa shape index (κ2) is 2.88. The highest BCUT2D eigenvalue weighted by Crippen LogP contribution is 2.35. The number of allylic oxidation sites excluding steroid dienone is 2. The van der Waals surface area contributed by atoms with Crippen LogP contribution in [-0.2, 0) is 0 Å². The van der Waals surface area contributed by atoms with Crippen LogP contribution >= 0.6 is 0 Å². The lowest BCUT2D eigenvalue weighted by Crippen LogP contribution is -2.18. The fraction of sp³-hybridized carbons (Fsp3) is 0.800. The molecule has 1 aliphatic heterocycles. The smallest absolute Gasteiger partial charge is 0.0175 e. The van der Waals surface area contributed by atoms with Crippen LogP contribution in [0.15, 0.2) is 11.3 Å². The van der Waals surface area contributed by atoms with Gasteiger partial charge in [-0.3, -0.25) is 0 Å². The minimum Gasteiger partial charge on any atom is -0.375 e. The molecule has 0 spiro atoms. The van der Waals surface area contributed by atoms with Crippen LogP contribution in [0, 0.1) is 0 Å². The summed E-state index contributed by atoms with van der Waals surface area (Å²) in [6.07, 6.45) is 6.86. The molecule has 0 unspecified atom stereocenters. The fourth-order valence-corrected chi connectivity index (χ4v) is 2.04. The molecule has 1 aliphatic carbocycles. The SMILES string of the molecule is CCC(=C1CC1)N1CCCC1. The molecule has 0 aromatic carbocycles. The van der Waals surface area contributed by atoms with Crippen LogP contribution < -0.4 is 0 Å². The summed E-state index contributed by atoms with van der Waals surface area (Å²) in [5.74, 6) is 0. The molecule has 2 rings (SSSR count). The van der Waals surface area contributed by atoms with Gasteiger partial charge in [-0.1, -0.05) is 12.5 Å². The maximum Gasteiger partial charge on any atom is 0.0175 e. The van der Waals surface area contributed by atoms with E-state index in [-0.39, 0.29) is 0 Å². The molecule has 1 heteroatoms. The molecule has 11 heavy (non-hydrogen) atoms. The van der Waals surface area contributed by atoms with Crippen molar-refractivity contribution < 1.29 is 0 Å². The zero-order valence-corrected chi connectivity index (χ0v) is 7.40. The molecular formula is C10H17N. The molecule has 62 valence electrons. The maximum atomic E-state index is 2.60. The average molecular weight is 151 g/mol. The summed E-state index contributed by atoms with van der Waals surface area (Å²) in [4.78, 5) is 2.60. The van der Waals surface area contributed by atoms with E-state index in [9.17, 15) is 0 Å². The Morgan fingerprint density at radius 3 is 2.36 bits per heavy atom. The van der Waals surface area contributed by atoms with Gasteiger partial charge in [0.1, 0.15) is 0 Å². The standard InChI is InChI=1S/C10H17N/c1-2-10(9-5-6-9)11-7-3-4-8-11/h2-8H2,1H3. The molecule has 0 bridgehead atoms. The minimum absolute atomic E-state index is 1.26. The monoisotopic (exact) mass is 151 g/mol. The molecule has 2 fully saturated rings. The molecule has 0 amide bonds. The number of nitrogens with zero attached hydrogens (tertiary/aromatic N) is 1. The van der Waals surface area contributed by atoms with E-state index in [2.05, 4.69) is 11.8 Å². The van der Waals surface area contributed by atoms with Crippen LogP contribution in [0.5, 0.6) is 0 Å². The van der Waals surface area contributed by atoms with Crippen LogP contribution in [0.1, 0.15) is 39.0 Å². The van der Waals surface area contributed by atoms with Gasteiger partial charge in [0.05, 0.1) is 0 Å². The highest BCUT2D eigenvalue weighted by molar-refractivity contribution is 5.24. The molecular weight excluding hydrogens is 134 g/mol. The van der Waals surface area contributed by atoms with E-state index in [0.717, 1.165) is 0 Å². The lowest BCUT2D eigenvalue weighted by molar-refractivity contribution is 0.411. The number of likely N-dealkylation sites (tertiary alicyclic amines) is 1. The fourth-order valence-electron chi connectivity index (χ4n) is 2.04. The topological polar surface area (TPSA) is 3.24 Å². The van der Waals surface area contributed by atoms with E-state index < -0.39 is 0 Å². The van der Waals surface area contributed by atoms with E-state index in [1.807, 2.05) is 0 Å². The van der Waals surface area contributed by atoms with Crippen LogP contribution in [0.25, 0.3) is 0 Å². The Hall–Kier alpha value is -0.460. The zero-order valence-electron chi connectivity index (χ0n) is 7.40. The highest BCUT2D eigenvalue weighted by Gasteiger charge is 2.22. The first-order valence-corrected chi connectivity index (χ1v) is 4.87. The third-order valence-corrected chi connectivity index (χ3v) is 2.73. The van der Waals surface area contributed by atoms with Crippen molar-refractivity contribution in [2.75, 3.05) is 13.1 Å². The predicted octanol–water partition coefficient (Wildman–Crippen LogP) is 2.54. The van der Waals surface area contributed by atoms with Crippen molar-refractivity contribution >= 4 is 0 Å². The summed E-state index contributed by atoms with van der Waals surface area (Å²) in [6, 6.07) is 0. The molecule has 1 nitrogen and oxygen atoms in total. The van der Waals surface area contributed by atoms with Crippen molar-refractivity contribution in [3.63, 3.8) is 0 Å². The number of hydrogen-bond donors (Lipinski definition) is 0. The molecule has 0 radical (unpaired) electrons. The van der Waals surface area contributed by atoms with Gasteiger partial charge in [-0.05, 0) is 32.1 Å². The van der Waals surface area contributed by atoms with Gasteiger partial charge in [-0.15, -0.1) is 0 Å².